The maximum atomic E-state index is 12.4. The van der Waals surface area contributed by atoms with Crippen molar-refractivity contribution in [1.29, 1.82) is 0 Å². The molecule has 0 saturated heterocycles. The van der Waals surface area contributed by atoms with Gasteiger partial charge in [0, 0.05) is 0 Å². The van der Waals surface area contributed by atoms with Crippen LogP contribution in [0.1, 0.15) is 200 Å². The molecular formula is C38H75NO4. The van der Waals surface area contributed by atoms with Crippen molar-refractivity contribution in [2.24, 2.45) is 0 Å². The van der Waals surface area contributed by atoms with E-state index in [9.17, 15) is 20.1 Å². The Labute approximate surface area is 268 Å². The quantitative estimate of drug-likeness (QED) is 0.0432. The number of nitrogens with one attached hydrogen (secondary N) is 1. The molecule has 256 valence electrons. The van der Waals surface area contributed by atoms with E-state index in [0.717, 1.165) is 32.1 Å². The molecule has 0 aromatic rings. The van der Waals surface area contributed by atoms with E-state index >= 15 is 0 Å². The van der Waals surface area contributed by atoms with Crippen molar-refractivity contribution >= 4 is 5.91 Å². The molecule has 0 radical (unpaired) electrons. The van der Waals surface area contributed by atoms with Gasteiger partial charge in [-0.2, -0.15) is 0 Å². The summed E-state index contributed by atoms with van der Waals surface area (Å²) in [5.74, 6) is -0.476. The number of hydrogen-bond acceptors (Lipinski definition) is 4. The van der Waals surface area contributed by atoms with Gasteiger partial charge in [-0.1, -0.05) is 174 Å². The maximum Gasteiger partial charge on any atom is 0.249 e. The summed E-state index contributed by atoms with van der Waals surface area (Å²) in [6, 6.07) is -0.709. The smallest absolute Gasteiger partial charge is 0.249 e. The standard InChI is InChI=1S/C38H75NO4/c1-3-5-7-9-11-13-15-17-18-19-21-23-25-27-29-31-33-37(42)38(43)39-35(34-40)36(41)32-30-28-26-24-22-20-16-14-12-10-8-6-4-2/h17-18,35-37,40-42H,3-16,19-34H2,1-2H3,(H,39,43)/b18-17-. The SMILES string of the molecule is CCCCCCCC/C=C\CCCCCCCCC(O)C(=O)NC(CO)C(O)CCCCCCCCCCCCCCC. The molecule has 0 saturated carbocycles. The summed E-state index contributed by atoms with van der Waals surface area (Å²) in [4.78, 5) is 12.4. The Hall–Kier alpha value is -0.910. The van der Waals surface area contributed by atoms with E-state index in [4.69, 9.17) is 0 Å². The molecule has 1 amide bonds. The first kappa shape index (κ1) is 42.1. The van der Waals surface area contributed by atoms with Gasteiger partial charge in [-0.15, -0.1) is 0 Å². The van der Waals surface area contributed by atoms with Gasteiger partial charge in [-0.25, -0.2) is 0 Å². The van der Waals surface area contributed by atoms with Crippen molar-refractivity contribution in [3.63, 3.8) is 0 Å². The fourth-order valence-corrected chi connectivity index (χ4v) is 5.83. The molecule has 5 nitrogen and oxygen atoms in total. The number of carbonyl (C=O) groups is 1. The average Bonchev–Trinajstić information content (AvgIpc) is 3.01. The predicted molar refractivity (Wildman–Crippen MR) is 185 cm³/mol. The Balaban J connectivity index is 3.68. The van der Waals surface area contributed by atoms with Gasteiger partial charge in [0.25, 0.3) is 0 Å². The van der Waals surface area contributed by atoms with Gasteiger partial charge in [-0.3, -0.25) is 4.79 Å². The van der Waals surface area contributed by atoms with Crippen molar-refractivity contribution in [2.45, 2.75) is 218 Å². The third-order valence-electron chi connectivity index (χ3n) is 8.88. The second-order valence-electron chi connectivity index (χ2n) is 13.1. The molecule has 0 bridgehead atoms. The third-order valence-corrected chi connectivity index (χ3v) is 8.88. The Morgan fingerprint density at radius 1 is 0.535 bits per heavy atom. The molecular weight excluding hydrogens is 534 g/mol. The molecule has 0 spiro atoms. The van der Waals surface area contributed by atoms with Crippen LogP contribution >= 0.6 is 0 Å². The largest absolute Gasteiger partial charge is 0.394 e. The predicted octanol–water partition coefficient (Wildman–Crippen LogP) is 10.1. The van der Waals surface area contributed by atoms with Gasteiger partial charge in [0.2, 0.25) is 5.91 Å². The molecule has 0 rings (SSSR count). The van der Waals surface area contributed by atoms with Crippen molar-refractivity contribution in [2.75, 3.05) is 6.61 Å². The highest BCUT2D eigenvalue weighted by Crippen LogP contribution is 2.15. The van der Waals surface area contributed by atoms with Gasteiger partial charge in [0.1, 0.15) is 6.10 Å². The average molecular weight is 610 g/mol. The van der Waals surface area contributed by atoms with Crippen LogP contribution in [-0.4, -0.2) is 46.1 Å². The van der Waals surface area contributed by atoms with Crippen LogP contribution in [0.2, 0.25) is 0 Å². The molecule has 43 heavy (non-hydrogen) atoms. The number of amides is 1. The van der Waals surface area contributed by atoms with Crippen LogP contribution < -0.4 is 5.32 Å². The number of rotatable bonds is 34. The highest BCUT2D eigenvalue weighted by Gasteiger charge is 2.23. The van der Waals surface area contributed by atoms with Gasteiger partial charge < -0.3 is 20.6 Å². The molecule has 0 aliphatic carbocycles. The number of aliphatic hydroxyl groups is 3. The Morgan fingerprint density at radius 2 is 0.884 bits per heavy atom. The van der Waals surface area contributed by atoms with E-state index in [0.29, 0.717) is 12.8 Å². The Kier molecular flexibility index (Phi) is 33.3. The van der Waals surface area contributed by atoms with Crippen LogP contribution in [0.4, 0.5) is 0 Å². The summed E-state index contributed by atoms with van der Waals surface area (Å²) >= 11 is 0. The zero-order valence-corrected chi connectivity index (χ0v) is 28.8. The summed E-state index contributed by atoms with van der Waals surface area (Å²) in [5, 5.41) is 33.1. The molecule has 3 unspecified atom stereocenters. The van der Waals surface area contributed by atoms with Crippen molar-refractivity contribution < 1.29 is 20.1 Å². The number of aliphatic hydroxyl groups excluding tert-OH is 3. The fourth-order valence-electron chi connectivity index (χ4n) is 5.83. The van der Waals surface area contributed by atoms with Gasteiger partial charge in [0.05, 0.1) is 18.8 Å². The van der Waals surface area contributed by atoms with Crippen LogP contribution in [0.15, 0.2) is 12.2 Å². The first-order valence-electron chi connectivity index (χ1n) is 19.0. The van der Waals surface area contributed by atoms with Crippen LogP contribution in [0.25, 0.3) is 0 Å². The van der Waals surface area contributed by atoms with E-state index in [2.05, 4.69) is 31.3 Å². The lowest BCUT2D eigenvalue weighted by Crippen LogP contribution is -2.49. The minimum Gasteiger partial charge on any atom is -0.394 e. The molecule has 4 N–H and O–H groups in total. The van der Waals surface area contributed by atoms with Crippen LogP contribution in [-0.2, 0) is 4.79 Å². The van der Waals surface area contributed by atoms with Gasteiger partial charge >= 0.3 is 0 Å². The van der Waals surface area contributed by atoms with Crippen molar-refractivity contribution in [1.82, 2.24) is 5.32 Å². The zero-order valence-electron chi connectivity index (χ0n) is 28.8. The summed E-state index contributed by atoms with van der Waals surface area (Å²) < 4.78 is 0. The molecule has 0 heterocycles. The van der Waals surface area contributed by atoms with Crippen molar-refractivity contribution in [3.8, 4) is 0 Å². The second kappa shape index (κ2) is 34.0. The highest BCUT2D eigenvalue weighted by molar-refractivity contribution is 5.80. The molecule has 5 heteroatoms. The van der Waals surface area contributed by atoms with Crippen LogP contribution in [0.3, 0.4) is 0 Å². The van der Waals surface area contributed by atoms with E-state index in [-0.39, 0.29) is 6.61 Å². The second-order valence-corrected chi connectivity index (χ2v) is 13.1. The minimum absolute atomic E-state index is 0.313. The lowest BCUT2D eigenvalue weighted by atomic mass is 10.0. The van der Waals surface area contributed by atoms with Crippen LogP contribution in [0, 0.1) is 0 Å². The Bertz CT molecular complexity index is 596. The van der Waals surface area contributed by atoms with E-state index in [1.807, 2.05) is 0 Å². The first-order chi connectivity index (χ1) is 21.1. The molecule has 0 aromatic carbocycles. The lowest BCUT2D eigenvalue weighted by molar-refractivity contribution is -0.131. The number of hydrogen-bond donors (Lipinski definition) is 4. The summed E-state index contributed by atoms with van der Waals surface area (Å²) in [6.45, 7) is 4.21. The summed E-state index contributed by atoms with van der Waals surface area (Å²) in [6.07, 6.45) is 37.6. The van der Waals surface area contributed by atoms with Gasteiger partial charge in [-0.05, 0) is 38.5 Å². The number of allylic oxidation sites excluding steroid dienone is 2. The molecule has 0 fully saturated rings. The highest BCUT2D eigenvalue weighted by atomic mass is 16.3. The number of carbonyl (C=O) groups excluding carboxylic acids is 1. The molecule has 0 aliphatic heterocycles. The third kappa shape index (κ3) is 29.6. The molecule has 3 atom stereocenters. The molecule has 0 aromatic heterocycles. The van der Waals surface area contributed by atoms with E-state index in [1.54, 1.807) is 0 Å². The van der Waals surface area contributed by atoms with Crippen molar-refractivity contribution in [3.05, 3.63) is 12.2 Å². The lowest BCUT2D eigenvalue weighted by Gasteiger charge is -2.23. The Morgan fingerprint density at radius 3 is 1.28 bits per heavy atom. The van der Waals surface area contributed by atoms with E-state index in [1.165, 1.54) is 141 Å². The summed E-state index contributed by atoms with van der Waals surface area (Å²) in [7, 11) is 0. The topological polar surface area (TPSA) is 89.8 Å². The van der Waals surface area contributed by atoms with E-state index < -0.39 is 24.2 Å². The minimum atomic E-state index is -1.07. The fraction of sp³-hybridized carbons (Fsp3) is 0.921. The first-order valence-corrected chi connectivity index (χ1v) is 19.0. The molecule has 0 aliphatic rings. The normalized spacial score (nSPS) is 13.9. The maximum absolute atomic E-state index is 12.4. The summed E-state index contributed by atoms with van der Waals surface area (Å²) in [5.41, 5.74) is 0. The zero-order chi connectivity index (χ0) is 31.6. The number of unbranched alkanes of at least 4 members (excludes halogenated alkanes) is 24. The van der Waals surface area contributed by atoms with Crippen LogP contribution in [0.5, 0.6) is 0 Å². The van der Waals surface area contributed by atoms with Gasteiger partial charge in [0.15, 0.2) is 0 Å². The monoisotopic (exact) mass is 610 g/mol.